The quantitative estimate of drug-likeness (QED) is 0.116. The van der Waals surface area contributed by atoms with Crippen molar-refractivity contribution in [3.05, 3.63) is 108 Å². The Balaban J connectivity index is 1.18. The third kappa shape index (κ3) is 10.5. The zero-order valence-corrected chi connectivity index (χ0v) is 35.4. The fourth-order valence-corrected chi connectivity index (χ4v) is 8.73. The van der Waals surface area contributed by atoms with E-state index in [0.717, 1.165) is 30.4 Å². The summed E-state index contributed by atoms with van der Waals surface area (Å²) < 4.78 is 71.8. The van der Waals surface area contributed by atoms with E-state index < -0.39 is 73.9 Å². The van der Waals surface area contributed by atoms with Crippen molar-refractivity contribution in [2.75, 3.05) is 13.2 Å². The first-order valence-corrected chi connectivity index (χ1v) is 21.3. The van der Waals surface area contributed by atoms with Gasteiger partial charge in [-0.15, -0.1) is 0 Å². The Morgan fingerprint density at radius 2 is 1.28 bits per heavy atom. The van der Waals surface area contributed by atoms with E-state index in [2.05, 4.69) is 27.7 Å². The van der Waals surface area contributed by atoms with Crippen LogP contribution in [0.2, 0.25) is 0 Å². The fourth-order valence-electron chi connectivity index (χ4n) is 8.73. The molecule has 60 heavy (non-hydrogen) atoms. The van der Waals surface area contributed by atoms with Crippen LogP contribution in [0.3, 0.4) is 0 Å². The van der Waals surface area contributed by atoms with E-state index in [-0.39, 0.29) is 43.0 Å². The minimum absolute atomic E-state index is 0.0875. The van der Waals surface area contributed by atoms with Crippen molar-refractivity contribution in [3.63, 3.8) is 0 Å². The molecule has 4 heterocycles. The van der Waals surface area contributed by atoms with Crippen LogP contribution in [0.4, 0.5) is 0 Å². The van der Waals surface area contributed by atoms with Gasteiger partial charge in [-0.2, -0.15) is 0 Å². The molecule has 0 aliphatic carbocycles. The molecule has 0 amide bonds. The SMILES string of the molecule is CCC1OC(O[C@@H]2C(OB=N)[C@H](O[C@@H]3C(COCc4ccccc4)O[C@@H](OCc4ccccc4)C(C)[C@H]3C)OC3COC(c4ccccc4)O[C@H]32)[C@@H](OC(C)=O)C(C)[C@H]1C. The summed E-state index contributed by atoms with van der Waals surface area (Å²) in [7, 11) is 0.858. The minimum atomic E-state index is -1.09. The van der Waals surface area contributed by atoms with E-state index in [4.69, 9.17) is 57.3 Å². The Morgan fingerprint density at radius 1 is 0.683 bits per heavy atom. The van der Waals surface area contributed by atoms with Crippen LogP contribution in [-0.4, -0.2) is 94.2 Å². The van der Waals surface area contributed by atoms with Gasteiger partial charge in [0.15, 0.2) is 0 Å². The van der Waals surface area contributed by atoms with E-state index in [9.17, 15) is 4.79 Å². The van der Waals surface area contributed by atoms with Gasteiger partial charge in [0.2, 0.25) is 0 Å². The third-order valence-electron chi connectivity index (χ3n) is 12.5. The van der Waals surface area contributed by atoms with Crippen molar-refractivity contribution in [1.29, 1.82) is 5.31 Å². The number of hydrogen-bond donors (Lipinski definition) is 1. The molecule has 14 heteroatoms. The van der Waals surface area contributed by atoms with Gasteiger partial charge in [-0.3, -0.25) is 0 Å². The van der Waals surface area contributed by atoms with Crippen LogP contribution >= 0.6 is 0 Å². The van der Waals surface area contributed by atoms with Gasteiger partial charge in [-0.25, -0.2) is 0 Å². The summed E-state index contributed by atoms with van der Waals surface area (Å²) in [6.45, 7) is 12.9. The summed E-state index contributed by atoms with van der Waals surface area (Å²) in [5, 5.41) is 8.20. The molecule has 4 aliphatic heterocycles. The first-order valence-electron chi connectivity index (χ1n) is 21.3. The Labute approximate surface area is 354 Å². The Morgan fingerprint density at radius 3 is 1.93 bits per heavy atom. The van der Waals surface area contributed by atoms with Crippen molar-refractivity contribution in [2.24, 2.45) is 23.7 Å². The van der Waals surface area contributed by atoms with Gasteiger partial charge in [0.1, 0.15) is 0 Å². The molecule has 13 nitrogen and oxygen atoms in total. The van der Waals surface area contributed by atoms with Crippen LogP contribution in [0.25, 0.3) is 0 Å². The standard InChI is InChI=1S/C46H60BNO12/c1-7-35-27(2)28(3)39(53-31(6)49)45(54-35)59-41-40-37(26-52-44(58-40)34-21-15-10-16-22-34)56-46(42(41)60-47-48)57-38-29(4)30(5)43(51-24-33-19-13-9-14-20-33)55-36(38)25-50-23-32-17-11-8-12-18-32/h8-22,27-30,35-46,48H,7,23-26H2,1-6H3/t27-,28?,29-,30?,35?,36?,37?,38+,39+,40-,41+,42?,43-,44?,45?,46+/m1/s1. The van der Waals surface area contributed by atoms with Crippen LogP contribution in [0, 0.1) is 29.0 Å². The van der Waals surface area contributed by atoms with Crippen LogP contribution in [0.15, 0.2) is 91.0 Å². The predicted octanol–water partition coefficient (Wildman–Crippen LogP) is 7.13. The van der Waals surface area contributed by atoms with Crippen molar-refractivity contribution < 1.29 is 56.8 Å². The molecule has 4 aliphatic rings. The monoisotopic (exact) mass is 829 g/mol. The summed E-state index contributed by atoms with van der Waals surface area (Å²) in [5.41, 5.74) is 2.89. The van der Waals surface area contributed by atoms with Gasteiger partial charge >= 0.3 is 331 Å². The van der Waals surface area contributed by atoms with Gasteiger partial charge in [0, 0.05) is 0 Å². The fraction of sp³-hybridized carbons (Fsp3) is 0.587. The molecule has 4 fully saturated rings. The average Bonchev–Trinajstić information content (AvgIpc) is 3.27. The number of rotatable bonds is 16. The number of hydrogen-bond acceptors (Lipinski definition) is 13. The topological polar surface area (TPSA) is 142 Å². The Kier molecular flexibility index (Phi) is 15.6. The third-order valence-corrected chi connectivity index (χ3v) is 12.5. The van der Waals surface area contributed by atoms with Gasteiger partial charge in [0.05, 0.1) is 0 Å². The molecule has 3 aromatic rings. The van der Waals surface area contributed by atoms with Gasteiger partial charge in [0.25, 0.3) is 0 Å². The van der Waals surface area contributed by atoms with Crippen molar-refractivity contribution >= 4 is 13.2 Å². The van der Waals surface area contributed by atoms with Crippen molar-refractivity contribution in [1.82, 2.24) is 0 Å². The van der Waals surface area contributed by atoms with Gasteiger partial charge < -0.3 is 0 Å². The second kappa shape index (κ2) is 21.0. The summed E-state index contributed by atoms with van der Waals surface area (Å²) in [6, 6.07) is 29.6. The molecule has 0 bridgehead atoms. The number of esters is 1. The zero-order valence-electron chi connectivity index (χ0n) is 35.4. The second-order valence-corrected chi connectivity index (χ2v) is 16.4. The number of fused-ring (bicyclic) bond motifs is 1. The van der Waals surface area contributed by atoms with Gasteiger partial charge in [-0.1, -0.05) is 24.3 Å². The number of benzene rings is 3. The van der Waals surface area contributed by atoms with Gasteiger partial charge in [-0.05, 0) is 0 Å². The molecule has 0 aromatic heterocycles. The van der Waals surface area contributed by atoms with E-state index in [1.165, 1.54) is 6.92 Å². The van der Waals surface area contributed by atoms with Crippen LogP contribution < -0.4 is 0 Å². The van der Waals surface area contributed by atoms with E-state index in [1.807, 2.05) is 97.9 Å². The van der Waals surface area contributed by atoms with Crippen LogP contribution in [0.5, 0.6) is 0 Å². The number of nitrogens with one attached hydrogen (secondary N) is 1. The van der Waals surface area contributed by atoms with E-state index >= 15 is 0 Å². The van der Waals surface area contributed by atoms with E-state index in [0.29, 0.717) is 13.2 Å². The average molecular weight is 830 g/mol. The Bertz CT molecular complexity index is 1780. The molecule has 1 N–H and O–H groups in total. The first-order chi connectivity index (χ1) is 29.1. The predicted molar refractivity (Wildman–Crippen MR) is 219 cm³/mol. The molecule has 7 rings (SSSR count). The number of ether oxygens (including phenoxy) is 10. The summed E-state index contributed by atoms with van der Waals surface area (Å²) in [5.74, 6) is -0.662. The molecule has 3 aromatic carbocycles. The molecular weight excluding hydrogens is 769 g/mol. The summed E-state index contributed by atoms with van der Waals surface area (Å²) >= 11 is 0. The normalized spacial score (nSPS) is 36.7. The molecule has 16 atom stereocenters. The maximum atomic E-state index is 12.5. The number of carbonyl (C=O) groups excluding carboxylic acids is 1. The molecule has 324 valence electrons. The van der Waals surface area contributed by atoms with Crippen LogP contribution in [0.1, 0.15) is 70.9 Å². The molecule has 0 saturated carbocycles. The molecule has 8 unspecified atom stereocenters. The van der Waals surface area contributed by atoms with Crippen LogP contribution in [-0.2, 0) is 70.0 Å². The van der Waals surface area contributed by atoms with Crippen molar-refractivity contribution in [3.8, 4) is 0 Å². The molecule has 0 spiro atoms. The summed E-state index contributed by atoms with van der Waals surface area (Å²) in [4.78, 5) is 12.5. The second-order valence-electron chi connectivity index (χ2n) is 16.4. The molecule has 4 saturated heterocycles. The van der Waals surface area contributed by atoms with Crippen molar-refractivity contribution in [2.45, 2.75) is 135 Å². The first kappa shape index (κ1) is 44.5. The molecule has 0 radical (unpaired) electrons. The Hall–Kier alpha value is -3.57. The zero-order chi connectivity index (χ0) is 42.2. The summed E-state index contributed by atoms with van der Waals surface area (Å²) in [6.07, 6.45) is -8.05. The number of carbonyl (C=O) groups is 1. The molecular formula is C46H60BNO12. The van der Waals surface area contributed by atoms with E-state index in [1.54, 1.807) is 0 Å². The maximum absolute atomic E-state index is 12.5.